The molecule has 4 nitrogen and oxygen atoms in total. The fourth-order valence-electron chi connectivity index (χ4n) is 2.41. The first-order chi connectivity index (χ1) is 11.3. The van der Waals surface area contributed by atoms with Gasteiger partial charge in [0.15, 0.2) is 0 Å². The first kappa shape index (κ1) is 15.6. The van der Waals surface area contributed by atoms with Gasteiger partial charge < -0.3 is 0 Å². The zero-order chi connectivity index (χ0) is 15.9. The zero-order valence-corrected chi connectivity index (χ0v) is 12.8. The van der Waals surface area contributed by atoms with Crippen molar-refractivity contribution in [1.82, 2.24) is 0 Å². The minimum atomic E-state index is 0.0105. The summed E-state index contributed by atoms with van der Waals surface area (Å²) < 4.78 is 21.5. The molecule has 1 fully saturated rings. The Morgan fingerprint density at radius 1 is 1.17 bits per heavy atom. The summed E-state index contributed by atoms with van der Waals surface area (Å²) in [5.74, 6) is 0.841. The van der Waals surface area contributed by atoms with E-state index in [1.807, 2.05) is 54.6 Å². The van der Waals surface area contributed by atoms with E-state index in [0.29, 0.717) is 13.8 Å². The molecule has 1 heterocycles. The number of rotatable bonds is 8. The molecule has 0 N–H and O–H groups in total. The molecular formula is C18H18BNO3. The van der Waals surface area contributed by atoms with E-state index in [2.05, 4.69) is 4.99 Å². The Kier molecular flexibility index (Phi) is 5.32. The molecule has 0 radical (unpaired) electrons. The second kappa shape index (κ2) is 7.83. The molecule has 0 bridgehead atoms. The SMILES string of the molecule is O=B/C=N\[C@@H](Cc1ccc(OCc2ccccc2)cc1)[C@H]1CO1. The number of hydrogen-bond acceptors (Lipinski definition) is 4. The summed E-state index contributed by atoms with van der Waals surface area (Å²) in [5, 5.41) is 0. The first-order valence-electron chi connectivity index (χ1n) is 7.69. The Morgan fingerprint density at radius 3 is 2.57 bits per heavy atom. The van der Waals surface area contributed by atoms with Gasteiger partial charge in [0, 0.05) is 0 Å². The van der Waals surface area contributed by atoms with E-state index < -0.39 is 0 Å². The van der Waals surface area contributed by atoms with Crippen molar-refractivity contribution in [3.05, 3.63) is 65.7 Å². The quantitative estimate of drug-likeness (QED) is 0.428. The van der Waals surface area contributed by atoms with E-state index in [4.69, 9.17) is 9.47 Å². The summed E-state index contributed by atoms with van der Waals surface area (Å²) in [7, 11) is 0.704. The summed E-state index contributed by atoms with van der Waals surface area (Å²) in [5.41, 5.74) is 2.30. The maximum atomic E-state index is 10.4. The standard InChI is InChI=1S/C18H18BNO3/c21-19-13-20-17(18-12-23-18)10-14-6-8-16(9-7-14)22-11-15-4-2-1-3-5-15/h1-9,13,17-18H,10-12H2/b20-13-/t17-,18+/m0/s1. The zero-order valence-electron chi connectivity index (χ0n) is 12.8. The molecule has 3 rings (SSSR count). The number of hydrogen-bond donors (Lipinski definition) is 0. The van der Waals surface area contributed by atoms with Crippen LogP contribution in [0.25, 0.3) is 0 Å². The molecule has 1 aliphatic rings. The average molecular weight is 307 g/mol. The van der Waals surface area contributed by atoms with Crippen LogP contribution >= 0.6 is 0 Å². The second-order valence-corrected chi connectivity index (χ2v) is 5.50. The van der Waals surface area contributed by atoms with E-state index in [0.717, 1.165) is 29.9 Å². The molecule has 5 heteroatoms. The van der Waals surface area contributed by atoms with Crippen LogP contribution < -0.4 is 4.74 Å². The third-order valence-corrected chi connectivity index (χ3v) is 3.74. The van der Waals surface area contributed by atoms with Crippen LogP contribution in [-0.2, 0) is 22.5 Å². The second-order valence-electron chi connectivity index (χ2n) is 5.50. The Morgan fingerprint density at radius 2 is 1.91 bits per heavy atom. The predicted octanol–water partition coefficient (Wildman–Crippen LogP) is 2.65. The molecule has 0 spiro atoms. The molecule has 1 aliphatic heterocycles. The molecule has 0 amide bonds. The van der Waals surface area contributed by atoms with Crippen molar-refractivity contribution in [2.45, 2.75) is 25.2 Å². The number of benzene rings is 2. The van der Waals surface area contributed by atoms with Gasteiger partial charge in [-0.15, -0.1) is 0 Å². The molecular weight excluding hydrogens is 289 g/mol. The molecule has 116 valence electrons. The van der Waals surface area contributed by atoms with E-state index in [1.54, 1.807) is 0 Å². The Hall–Kier alpha value is -2.27. The van der Waals surface area contributed by atoms with Crippen LogP contribution in [0.2, 0.25) is 0 Å². The van der Waals surface area contributed by atoms with Crippen LogP contribution in [0.1, 0.15) is 11.1 Å². The van der Waals surface area contributed by atoms with Gasteiger partial charge in [-0.05, 0) is 0 Å². The molecule has 2 aromatic rings. The molecule has 2 aromatic carbocycles. The Balaban J connectivity index is 1.56. The van der Waals surface area contributed by atoms with E-state index in [9.17, 15) is 4.70 Å². The van der Waals surface area contributed by atoms with Crippen molar-refractivity contribution in [3.8, 4) is 5.75 Å². The van der Waals surface area contributed by atoms with Crippen molar-refractivity contribution >= 4 is 13.3 Å². The average Bonchev–Trinajstić information content (AvgIpc) is 3.44. The van der Waals surface area contributed by atoms with Crippen molar-refractivity contribution in [2.75, 3.05) is 6.61 Å². The fraction of sp³-hybridized carbons (Fsp3) is 0.278. The third kappa shape index (κ3) is 4.86. The first-order valence-corrected chi connectivity index (χ1v) is 7.69. The predicted molar refractivity (Wildman–Crippen MR) is 89.4 cm³/mol. The van der Waals surface area contributed by atoms with E-state index >= 15 is 0 Å². The van der Waals surface area contributed by atoms with Gasteiger partial charge in [0.05, 0.1) is 0 Å². The summed E-state index contributed by atoms with van der Waals surface area (Å²) >= 11 is 0. The van der Waals surface area contributed by atoms with Gasteiger partial charge in [0.2, 0.25) is 0 Å². The van der Waals surface area contributed by atoms with Crippen LogP contribution in [0.5, 0.6) is 5.75 Å². The monoisotopic (exact) mass is 307 g/mol. The Bertz CT molecular complexity index is 654. The van der Waals surface area contributed by atoms with Crippen LogP contribution in [0, 0.1) is 0 Å². The van der Waals surface area contributed by atoms with Gasteiger partial charge in [0.1, 0.15) is 0 Å². The molecule has 0 unspecified atom stereocenters. The molecule has 0 saturated carbocycles. The number of ether oxygens (including phenoxy) is 2. The summed E-state index contributed by atoms with van der Waals surface area (Å²) in [6.07, 6.45) is 2.21. The van der Waals surface area contributed by atoms with Crippen LogP contribution in [-0.4, -0.2) is 32.0 Å². The molecule has 1 saturated heterocycles. The number of aliphatic imine (C=N–C) groups is 1. The number of nitrogens with zero attached hydrogens (tertiary/aromatic N) is 1. The minimum absolute atomic E-state index is 0.0105. The van der Waals surface area contributed by atoms with Gasteiger partial charge >= 0.3 is 117 Å². The van der Waals surface area contributed by atoms with Crippen molar-refractivity contribution in [3.63, 3.8) is 0 Å². The molecule has 0 aliphatic carbocycles. The Labute approximate surface area is 136 Å². The van der Waals surface area contributed by atoms with Crippen LogP contribution in [0.15, 0.2) is 59.6 Å². The van der Waals surface area contributed by atoms with Crippen molar-refractivity contribution in [2.24, 2.45) is 4.99 Å². The number of epoxide rings is 1. The summed E-state index contributed by atoms with van der Waals surface area (Å²) in [4.78, 5) is 4.25. The molecule has 0 aromatic heterocycles. The molecule has 2 atom stereocenters. The van der Waals surface area contributed by atoms with E-state index in [1.165, 1.54) is 6.11 Å². The van der Waals surface area contributed by atoms with Crippen molar-refractivity contribution in [1.29, 1.82) is 0 Å². The van der Waals surface area contributed by atoms with Gasteiger partial charge in [-0.2, -0.15) is 0 Å². The summed E-state index contributed by atoms with van der Waals surface area (Å²) in [6.45, 7) is 1.28. The third-order valence-electron chi connectivity index (χ3n) is 3.74. The maximum absolute atomic E-state index is 10.4. The summed E-state index contributed by atoms with van der Waals surface area (Å²) in [6, 6.07) is 18.1. The molecule has 23 heavy (non-hydrogen) atoms. The topological polar surface area (TPSA) is 51.2 Å². The van der Waals surface area contributed by atoms with Gasteiger partial charge in [-0.1, -0.05) is 18.2 Å². The fourth-order valence-corrected chi connectivity index (χ4v) is 2.41. The van der Waals surface area contributed by atoms with Gasteiger partial charge in [-0.3, -0.25) is 0 Å². The van der Waals surface area contributed by atoms with Crippen LogP contribution in [0.3, 0.4) is 0 Å². The van der Waals surface area contributed by atoms with E-state index in [-0.39, 0.29) is 12.1 Å². The van der Waals surface area contributed by atoms with Crippen molar-refractivity contribution < 1.29 is 14.2 Å². The van der Waals surface area contributed by atoms with Gasteiger partial charge in [0.25, 0.3) is 0 Å². The normalized spacial score (nSPS) is 17.7. The van der Waals surface area contributed by atoms with Gasteiger partial charge in [-0.25, -0.2) is 0 Å². The van der Waals surface area contributed by atoms with Crippen LogP contribution in [0.4, 0.5) is 0 Å².